The van der Waals surface area contributed by atoms with E-state index in [1.807, 2.05) is 0 Å². The predicted octanol–water partition coefficient (Wildman–Crippen LogP) is 1.22. The van der Waals surface area contributed by atoms with Crippen LogP contribution in [0.2, 0.25) is 0 Å². The van der Waals surface area contributed by atoms with Crippen molar-refractivity contribution in [1.29, 1.82) is 0 Å². The number of amides is 1. The van der Waals surface area contributed by atoms with E-state index in [-0.39, 0.29) is 11.9 Å². The van der Waals surface area contributed by atoms with Crippen molar-refractivity contribution >= 4 is 17.6 Å². The number of carbonyl (C=O) groups excluding carboxylic acids is 2. The van der Waals surface area contributed by atoms with Crippen molar-refractivity contribution in [2.45, 2.75) is 32.2 Å². The summed E-state index contributed by atoms with van der Waals surface area (Å²) < 4.78 is 5.05. The molecule has 108 valence electrons. The van der Waals surface area contributed by atoms with Crippen molar-refractivity contribution in [2.75, 3.05) is 18.9 Å². The van der Waals surface area contributed by atoms with E-state index in [4.69, 9.17) is 10.5 Å². The summed E-state index contributed by atoms with van der Waals surface area (Å²) in [5.41, 5.74) is 6.48. The van der Waals surface area contributed by atoms with Crippen molar-refractivity contribution in [2.24, 2.45) is 0 Å². The van der Waals surface area contributed by atoms with E-state index < -0.39 is 6.04 Å². The molecule has 20 heavy (non-hydrogen) atoms. The van der Waals surface area contributed by atoms with E-state index in [0.29, 0.717) is 30.8 Å². The molecule has 0 radical (unpaired) electrons. The van der Waals surface area contributed by atoms with Gasteiger partial charge in [0.1, 0.15) is 6.04 Å². The normalized spacial score (nSPS) is 18.6. The van der Waals surface area contributed by atoms with Crippen LogP contribution in [0, 0.1) is 0 Å². The molecule has 0 aromatic carbocycles. The Bertz CT molecular complexity index is 504. The molecule has 1 atom stereocenters. The van der Waals surface area contributed by atoms with Gasteiger partial charge in [-0.1, -0.05) is 0 Å². The first-order valence-corrected chi connectivity index (χ1v) is 6.81. The maximum Gasteiger partial charge on any atom is 0.328 e. The Morgan fingerprint density at radius 2 is 2.25 bits per heavy atom. The highest BCUT2D eigenvalue weighted by Crippen LogP contribution is 2.21. The lowest BCUT2D eigenvalue weighted by Gasteiger charge is -2.34. The van der Waals surface area contributed by atoms with Crippen molar-refractivity contribution in [3.63, 3.8) is 0 Å². The third kappa shape index (κ3) is 3.07. The van der Waals surface area contributed by atoms with Crippen LogP contribution in [0.15, 0.2) is 18.5 Å². The number of likely N-dealkylation sites (tertiary alicyclic amines) is 1. The van der Waals surface area contributed by atoms with Gasteiger partial charge in [-0.25, -0.2) is 4.79 Å². The summed E-state index contributed by atoms with van der Waals surface area (Å²) in [5, 5.41) is 0. The predicted molar refractivity (Wildman–Crippen MR) is 74.0 cm³/mol. The summed E-state index contributed by atoms with van der Waals surface area (Å²) in [5.74, 6) is -0.556. The number of nitrogens with zero attached hydrogens (tertiary/aromatic N) is 2. The Balaban J connectivity index is 2.19. The van der Waals surface area contributed by atoms with Crippen molar-refractivity contribution in [3.8, 4) is 0 Å². The molecule has 0 spiro atoms. The molecular weight excluding hydrogens is 258 g/mol. The maximum absolute atomic E-state index is 12.5. The second-order valence-corrected chi connectivity index (χ2v) is 4.77. The minimum absolute atomic E-state index is 0.220. The smallest absolute Gasteiger partial charge is 0.328 e. The Morgan fingerprint density at radius 1 is 1.45 bits per heavy atom. The van der Waals surface area contributed by atoms with Crippen LogP contribution in [0.1, 0.15) is 36.5 Å². The average Bonchev–Trinajstić information content (AvgIpc) is 2.47. The summed E-state index contributed by atoms with van der Waals surface area (Å²) >= 11 is 0. The van der Waals surface area contributed by atoms with Crippen LogP contribution in [-0.2, 0) is 9.53 Å². The molecule has 1 fully saturated rings. The Hall–Kier alpha value is -2.11. The van der Waals surface area contributed by atoms with Crippen molar-refractivity contribution in [1.82, 2.24) is 9.88 Å². The first-order chi connectivity index (χ1) is 9.63. The van der Waals surface area contributed by atoms with E-state index >= 15 is 0 Å². The average molecular weight is 277 g/mol. The molecule has 1 aromatic heterocycles. The molecule has 2 N–H and O–H groups in total. The fraction of sp³-hybridized carbons (Fsp3) is 0.500. The molecule has 6 heteroatoms. The van der Waals surface area contributed by atoms with Gasteiger partial charge in [0.05, 0.1) is 17.9 Å². The number of hydrogen-bond acceptors (Lipinski definition) is 5. The molecule has 2 rings (SSSR count). The summed E-state index contributed by atoms with van der Waals surface area (Å²) in [7, 11) is 0. The number of ether oxygens (including phenoxy) is 1. The number of esters is 1. The largest absolute Gasteiger partial charge is 0.464 e. The minimum Gasteiger partial charge on any atom is -0.464 e. The highest BCUT2D eigenvalue weighted by molar-refractivity contribution is 5.97. The highest BCUT2D eigenvalue weighted by Gasteiger charge is 2.33. The van der Waals surface area contributed by atoms with Gasteiger partial charge in [-0.3, -0.25) is 9.78 Å². The summed E-state index contributed by atoms with van der Waals surface area (Å²) in [6.07, 6.45) is 5.39. The first kappa shape index (κ1) is 14.3. The molecule has 1 aromatic rings. The molecule has 0 bridgehead atoms. The van der Waals surface area contributed by atoms with Crippen LogP contribution in [0.5, 0.6) is 0 Å². The van der Waals surface area contributed by atoms with Crippen LogP contribution in [0.3, 0.4) is 0 Å². The number of aromatic nitrogens is 1. The molecule has 2 heterocycles. The van der Waals surface area contributed by atoms with Gasteiger partial charge in [0.2, 0.25) is 0 Å². The number of carbonyl (C=O) groups is 2. The van der Waals surface area contributed by atoms with Gasteiger partial charge in [-0.15, -0.1) is 0 Å². The van der Waals surface area contributed by atoms with Gasteiger partial charge < -0.3 is 15.4 Å². The molecule has 1 unspecified atom stereocenters. The molecule has 0 saturated carbocycles. The van der Waals surface area contributed by atoms with Crippen LogP contribution >= 0.6 is 0 Å². The monoisotopic (exact) mass is 277 g/mol. The molecule has 1 saturated heterocycles. The number of rotatable bonds is 3. The van der Waals surface area contributed by atoms with E-state index in [1.165, 1.54) is 12.4 Å². The number of pyridine rings is 1. The topological polar surface area (TPSA) is 85.5 Å². The lowest BCUT2D eigenvalue weighted by Crippen LogP contribution is -2.48. The van der Waals surface area contributed by atoms with Crippen LogP contribution in [0.4, 0.5) is 5.69 Å². The van der Waals surface area contributed by atoms with E-state index in [2.05, 4.69) is 4.98 Å². The SMILES string of the molecule is CCOC(=O)C1CCCCN1C(=O)c1cncc(N)c1. The summed E-state index contributed by atoms with van der Waals surface area (Å²) in [6, 6.07) is 1.07. The Labute approximate surface area is 117 Å². The zero-order chi connectivity index (χ0) is 14.5. The number of anilines is 1. The lowest BCUT2D eigenvalue weighted by atomic mass is 10.0. The number of hydrogen-bond donors (Lipinski definition) is 1. The van der Waals surface area contributed by atoms with Gasteiger partial charge in [-0.05, 0) is 32.3 Å². The standard InChI is InChI=1S/C14H19N3O3/c1-2-20-14(19)12-5-3-4-6-17(12)13(18)10-7-11(15)9-16-8-10/h7-9,12H,2-6,15H2,1H3. The van der Waals surface area contributed by atoms with Crippen LogP contribution in [0.25, 0.3) is 0 Å². The third-order valence-corrected chi connectivity index (χ3v) is 3.33. The van der Waals surface area contributed by atoms with Gasteiger partial charge in [0, 0.05) is 18.9 Å². The fourth-order valence-electron chi connectivity index (χ4n) is 2.40. The summed E-state index contributed by atoms with van der Waals surface area (Å²) in [4.78, 5) is 29.9. The van der Waals surface area contributed by atoms with E-state index in [0.717, 1.165) is 12.8 Å². The van der Waals surface area contributed by atoms with Gasteiger partial charge in [-0.2, -0.15) is 0 Å². The van der Waals surface area contributed by atoms with Gasteiger partial charge in [0.15, 0.2) is 0 Å². The minimum atomic E-state index is -0.502. The van der Waals surface area contributed by atoms with Crippen molar-refractivity contribution in [3.05, 3.63) is 24.0 Å². The molecule has 1 aliphatic rings. The number of nitrogens with two attached hydrogens (primary N) is 1. The van der Waals surface area contributed by atoms with Crippen LogP contribution in [-0.4, -0.2) is 41.0 Å². The molecule has 6 nitrogen and oxygen atoms in total. The summed E-state index contributed by atoms with van der Waals surface area (Å²) in [6.45, 7) is 2.63. The van der Waals surface area contributed by atoms with Gasteiger partial charge >= 0.3 is 5.97 Å². The maximum atomic E-state index is 12.5. The Morgan fingerprint density at radius 3 is 2.95 bits per heavy atom. The van der Waals surface area contributed by atoms with E-state index in [1.54, 1.807) is 17.9 Å². The Kier molecular flexibility index (Phi) is 4.55. The van der Waals surface area contributed by atoms with Gasteiger partial charge in [0.25, 0.3) is 5.91 Å². The quantitative estimate of drug-likeness (QED) is 0.840. The molecule has 1 aliphatic heterocycles. The molecule has 0 aliphatic carbocycles. The van der Waals surface area contributed by atoms with Crippen LogP contribution < -0.4 is 5.73 Å². The zero-order valence-electron chi connectivity index (χ0n) is 11.5. The highest BCUT2D eigenvalue weighted by atomic mass is 16.5. The van der Waals surface area contributed by atoms with E-state index in [9.17, 15) is 9.59 Å². The number of piperidine rings is 1. The van der Waals surface area contributed by atoms with Crippen molar-refractivity contribution < 1.29 is 14.3 Å². The zero-order valence-corrected chi connectivity index (χ0v) is 11.5. The first-order valence-electron chi connectivity index (χ1n) is 6.81. The second-order valence-electron chi connectivity index (χ2n) is 4.77. The third-order valence-electron chi connectivity index (χ3n) is 3.33. The fourth-order valence-corrected chi connectivity index (χ4v) is 2.40. The molecular formula is C14H19N3O3. The lowest BCUT2D eigenvalue weighted by molar-refractivity contribution is -0.149. The number of nitrogen functional groups attached to an aromatic ring is 1. The second kappa shape index (κ2) is 6.36. The molecule has 1 amide bonds.